The molecule has 1 aliphatic heterocycles. The van der Waals surface area contributed by atoms with E-state index in [4.69, 9.17) is 4.42 Å². The van der Waals surface area contributed by atoms with E-state index in [2.05, 4.69) is 0 Å². The van der Waals surface area contributed by atoms with Crippen molar-refractivity contribution >= 4 is 16.9 Å². The maximum Gasteiger partial charge on any atom is 0.291 e. The lowest BCUT2D eigenvalue weighted by Gasteiger charge is -2.25. The Morgan fingerprint density at radius 2 is 1.47 bits per heavy atom. The van der Waals surface area contributed by atoms with E-state index in [0.717, 1.165) is 22.3 Å². The molecule has 30 heavy (non-hydrogen) atoms. The zero-order chi connectivity index (χ0) is 20.8. The molecule has 2 heterocycles. The van der Waals surface area contributed by atoms with Crippen molar-refractivity contribution in [2.24, 2.45) is 0 Å². The van der Waals surface area contributed by atoms with Crippen LogP contribution in [-0.2, 0) is 6.54 Å². The molecule has 4 aromatic rings. The summed E-state index contributed by atoms with van der Waals surface area (Å²) in [4.78, 5) is 28.6. The number of rotatable bonds is 3. The number of benzene rings is 3. The summed E-state index contributed by atoms with van der Waals surface area (Å²) in [5.41, 5.74) is 4.92. The second-order valence-electron chi connectivity index (χ2n) is 7.90. The van der Waals surface area contributed by atoms with Crippen molar-refractivity contribution in [3.63, 3.8) is 0 Å². The summed E-state index contributed by atoms with van der Waals surface area (Å²) in [6.45, 7) is 4.45. The largest absolute Gasteiger partial charge is 0.450 e. The molecule has 0 aliphatic carbocycles. The first-order valence-corrected chi connectivity index (χ1v) is 10.0. The van der Waals surface area contributed by atoms with Crippen molar-refractivity contribution in [2.75, 3.05) is 0 Å². The summed E-state index contributed by atoms with van der Waals surface area (Å²) in [6, 6.07) is 22.7. The summed E-state index contributed by atoms with van der Waals surface area (Å²) >= 11 is 0. The van der Waals surface area contributed by atoms with E-state index in [1.807, 2.05) is 68.4 Å². The van der Waals surface area contributed by atoms with Gasteiger partial charge in [0, 0.05) is 6.54 Å². The SMILES string of the molecule is Cc1ccc(CN2C(=O)c3oc4ccccc4c(=O)c3[C@@H]2c2ccc(C)cc2)cc1. The topological polar surface area (TPSA) is 50.5 Å². The number of hydrogen-bond donors (Lipinski definition) is 0. The quantitative estimate of drug-likeness (QED) is 0.482. The van der Waals surface area contributed by atoms with E-state index in [9.17, 15) is 9.59 Å². The lowest BCUT2D eigenvalue weighted by atomic mass is 9.97. The molecule has 0 radical (unpaired) electrons. The highest BCUT2D eigenvalue weighted by Crippen LogP contribution is 2.39. The highest BCUT2D eigenvalue weighted by molar-refractivity contribution is 5.99. The third-order valence-corrected chi connectivity index (χ3v) is 5.74. The minimum Gasteiger partial charge on any atom is -0.450 e. The van der Waals surface area contributed by atoms with Crippen LogP contribution in [0.15, 0.2) is 82.0 Å². The molecule has 4 nitrogen and oxygen atoms in total. The van der Waals surface area contributed by atoms with Gasteiger partial charge in [-0.25, -0.2) is 0 Å². The van der Waals surface area contributed by atoms with Gasteiger partial charge in [0.25, 0.3) is 5.91 Å². The Hall–Kier alpha value is -3.66. The number of amides is 1. The molecule has 0 bridgehead atoms. The van der Waals surface area contributed by atoms with Gasteiger partial charge in [0.05, 0.1) is 17.0 Å². The molecule has 3 aromatic carbocycles. The lowest BCUT2D eigenvalue weighted by molar-refractivity contribution is 0.0714. The molecule has 0 unspecified atom stereocenters. The van der Waals surface area contributed by atoms with Crippen molar-refractivity contribution in [1.29, 1.82) is 0 Å². The van der Waals surface area contributed by atoms with E-state index in [0.29, 0.717) is 23.1 Å². The molecule has 148 valence electrons. The van der Waals surface area contributed by atoms with Crippen molar-refractivity contribution in [1.82, 2.24) is 4.90 Å². The molecular weight excluding hydrogens is 374 g/mol. The summed E-state index contributed by atoms with van der Waals surface area (Å²) in [5, 5.41) is 0.498. The second kappa shape index (κ2) is 6.99. The molecule has 0 fully saturated rings. The molecule has 1 amide bonds. The van der Waals surface area contributed by atoms with Crippen LogP contribution in [-0.4, -0.2) is 10.8 Å². The van der Waals surface area contributed by atoms with Crippen LogP contribution in [0.4, 0.5) is 0 Å². The standard InChI is InChI=1S/C26H21NO3/c1-16-7-11-18(12-8-16)15-27-23(19-13-9-17(2)10-14-19)22-24(28)20-5-3-4-6-21(20)30-25(22)26(27)29/h3-14,23H,15H2,1-2H3/t23-/m0/s1. The summed E-state index contributed by atoms with van der Waals surface area (Å²) in [5.74, 6) is -0.101. The van der Waals surface area contributed by atoms with Crippen LogP contribution in [0.2, 0.25) is 0 Å². The molecule has 1 atom stereocenters. The first-order chi connectivity index (χ1) is 14.5. The van der Waals surface area contributed by atoms with Crippen LogP contribution in [0.5, 0.6) is 0 Å². The van der Waals surface area contributed by atoms with Crippen LogP contribution in [0, 0.1) is 13.8 Å². The molecule has 1 aromatic heterocycles. The van der Waals surface area contributed by atoms with Crippen molar-refractivity contribution in [2.45, 2.75) is 26.4 Å². The average molecular weight is 395 g/mol. The molecule has 0 saturated carbocycles. The Balaban J connectivity index is 1.71. The number of hydrogen-bond acceptors (Lipinski definition) is 3. The van der Waals surface area contributed by atoms with Crippen molar-refractivity contribution in [3.8, 4) is 0 Å². The van der Waals surface area contributed by atoms with Crippen LogP contribution in [0.1, 0.15) is 44.4 Å². The summed E-state index contributed by atoms with van der Waals surface area (Å²) in [7, 11) is 0. The van der Waals surface area contributed by atoms with Crippen LogP contribution < -0.4 is 5.43 Å². The first kappa shape index (κ1) is 18.4. The van der Waals surface area contributed by atoms with Gasteiger partial charge < -0.3 is 9.32 Å². The molecular formula is C26H21NO3. The van der Waals surface area contributed by atoms with Crippen molar-refractivity contribution in [3.05, 3.63) is 117 Å². The van der Waals surface area contributed by atoms with E-state index >= 15 is 0 Å². The Morgan fingerprint density at radius 3 is 2.17 bits per heavy atom. The predicted molar refractivity (Wildman–Crippen MR) is 117 cm³/mol. The van der Waals surface area contributed by atoms with Gasteiger partial charge in [0.15, 0.2) is 5.43 Å². The predicted octanol–water partition coefficient (Wildman–Crippen LogP) is 5.16. The molecule has 0 N–H and O–H groups in total. The molecule has 4 heteroatoms. The number of carbonyl (C=O) groups is 1. The molecule has 5 rings (SSSR count). The van der Waals surface area contributed by atoms with Gasteiger partial charge in [0.2, 0.25) is 5.76 Å². The fourth-order valence-electron chi connectivity index (χ4n) is 4.12. The van der Waals surface area contributed by atoms with Gasteiger partial charge in [-0.1, -0.05) is 71.8 Å². The monoisotopic (exact) mass is 395 g/mol. The van der Waals surface area contributed by atoms with Gasteiger partial charge in [-0.2, -0.15) is 0 Å². The number of fused-ring (bicyclic) bond motifs is 2. The zero-order valence-corrected chi connectivity index (χ0v) is 16.9. The van der Waals surface area contributed by atoms with Gasteiger partial charge in [-0.15, -0.1) is 0 Å². The third-order valence-electron chi connectivity index (χ3n) is 5.74. The smallest absolute Gasteiger partial charge is 0.291 e. The normalized spacial score (nSPS) is 15.6. The van der Waals surface area contributed by atoms with E-state index in [-0.39, 0.29) is 17.1 Å². The minimum absolute atomic E-state index is 0.141. The first-order valence-electron chi connectivity index (χ1n) is 10.0. The van der Waals surface area contributed by atoms with Crippen LogP contribution in [0.25, 0.3) is 11.0 Å². The van der Waals surface area contributed by atoms with Gasteiger partial charge in [0.1, 0.15) is 5.58 Å². The maximum absolute atomic E-state index is 13.4. The highest BCUT2D eigenvalue weighted by Gasteiger charge is 2.42. The second-order valence-corrected chi connectivity index (χ2v) is 7.90. The number of aryl methyl sites for hydroxylation is 2. The van der Waals surface area contributed by atoms with Crippen LogP contribution in [0.3, 0.4) is 0 Å². The maximum atomic E-state index is 13.4. The fraction of sp³-hybridized carbons (Fsp3) is 0.154. The van der Waals surface area contributed by atoms with E-state index < -0.39 is 6.04 Å². The lowest BCUT2D eigenvalue weighted by Crippen LogP contribution is -2.29. The van der Waals surface area contributed by atoms with Gasteiger partial charge in [-0.3, -0.25) is 9.59 Å². The van der Waals surface area contributed by atoms with Gasteiger partial charge in [-0.05, 0) is 37.1 Å². The Morgan fingerprint density at radius 1 is 0.833 bits per heavy atom. The third kappa shape index (κ3) is 2.92. The van der Waals surface area contributed by atoms with Crippen molar-refractivity contribution < 1.29 is 9.21 Å². The molecule has 0 saturated heterocycles. The number of nitrogens with zero attached hydrogens (tertiary/aromatic N) is 1. The van der Waals surface area contributed by atoms with E-state index in [1.54, 1.807) is 23.1 Å². The Kier molecular flexibility index (Phi) is 4.28. The molecule has 0 spiro atoms. The molecule has 1 aliphatic rings. The number of para-hydroxylation sites is 1. The zero-order valence-electron chi connectivity index (χ0n) is 16.9. The Bertz CT molecular complexity index is 1320. The Labute approximate surface area is 174 Å². The highest BCUT2D eigenvalue weighted by atomic mass is 16.3. The van der Waals surface area contributed by atoms with Gasteiger partial charge >= 0.3 is 0 Å². The summed E-state index contributed by atoms with van der Waals surface area (Å²) < 4.78 is 5.97. The fourth-order valence-corrected chi connectivity index (χ4v) is 4.12. The van der Waals surface area contributed by atoms with E-state index in [1.165, 1.54) is 0 Å². The summed E-state index contributed by atoms with van der Waals surface area (Å²) in [6.07, 6.45) is 0. The number of carbonyl (C=O) groups excluding carboxylic acids is 1. The van der Waals surface area contributed by atoms with Crippen LogP contribution >= 0.6 is 0 Å². The average Bonchev–Trinajstić information content (AvgIpc) is 3.03. The minimum atomic E-state index is -0.477.